The Hall–Kier alpha value is -2.96. The Balaban J connectivity index is 1.90. The van der Waals surface area contributed by atoms with Gasteiger partial charge in [0.25, 0.3) is 0 Å². The number of methoxy groups -OCH3 is 1. The van der Waals surface area contributed by atoms with Crippen molar-refractivity contribution >= 4 is 16.9 Å². The summed E-state index contributed by atoms with van der Waals surface area (Å²) in [4.78, 5) is 14.8. The molecule has 1 aliphatic rings. The average Bonchev–Trinajstić information content (AvgIpc) is 2.98. The number of aromatic hydroxyl groups is 1. The van der Waals surface area contributed by atoms with Crippen LogP contribution in [0.1, 0.15) is 27.0 Å². The predicted molar refractivity (Wildman–Crippen MR) is 89.1 cm³/mol. The Morgan fingerprint density at radius 3 is 2.65 bits per heavy atom. The molecule has 0 spiro atoms. The molecule has 0 radical (unpaired) electrons. The molecule has 4 nitrogen and oxygen atoms in total. The number of aryl methyl sites for hydroxylation is 2. The number of hydrogen-bond donors (Lipinski definition) is 2. The molecule has 0 aliphatic heterocycles. The number of aromatic nitrogens is 1. The van der Waals surface area contributed by atoms with E-state index in [2.05, 4.69) is 9.72 Å². The number of carbonyl (C=O) groups excluding carboxylic acids is 1. The van der Waals surface area contributed by atoms with Crippen LogP contribution in [0.4, 0.5) is 13.2 Å². The van der Waals surface area contributed by atoms with Crippen LogP contribution in [0.2, 0.25) is 0 Å². The molecule has 1 heterocycles. The first kappa shape index (κ1) is 16.5. The molecule has 2 N–H and O–H groups in total. The molecule has 0 fully saturated rings. The maximum atomic E-state index is 13.0. The zero-order valence-electron chi connectivity index (χ0n) is 13.7. The third-order valence-electron chi connectivity index (χ3n) is 4.77. The summed E-state index contributed by atoms with van der Waals surface area (Å²) in [6, 6.07) is 6.67. The van der Waals surface area contributed by atoms with E-state index >= 15 is 0 Å². The third-order valence-corrected chi connectivity index (χ3v) is 4.77. The van der Waals surface area contributed by atoms with Gasteiger partial charge in [0.15, 0.2) is 0 Å². The van der Waals surface area contributed by atoms with Gasteiger partial charge < -0.3 is 14.8 Å². The molecule has 0 bridgehead atoms. The van der Waals surface area contributed by atoms with Gasteiger partial charge in [0.2, 0.25) is 0 Å². The highest BCUT2D eigenvalue weighted by molar-refractivity contribution is 5.96. The molecular formula is C19H14F3NO3. The number of nitrogens with one attached hydrogen (secondary N) is 1. The smallest absolute Gasteiger partial charge is 0.416 e. The van der Waals surface area contributed by atoms with Crippen molar-refractivity contribution in [1.82, 2.24) is 4.98 Å². The third kappa shape index (κ3) is 2.42. The number of ether oxygens (including phenoxy) is 1. The monoisotopic (exact) mass is 361 g/mol. The summed E-state index contributed by atoms with van der Waals surface area (Å²) in [5.74, 6) is -0.861. The number of esters is 1. The highest BCUT2D eigenvalue weighted by atomic mass is 19.4. The molecule has 3 aromatic rings. The molecule has 0 saturated carbocycles. The van der Waals surface area contributed by atoms with Crippen LogP contribution in [-0.4, -0.2) is 23.2 Å². The first-order valence-corrected chi connectivity index (χ1v) is 7.96. The summed E-state index contributed by atoms with van der Waals surface area (Å²) in [5.41, 5.74) is 2.85. The van der Waals surface area contributed by atoms with Crippen LogP contribution in [0.5, 0.6) is 5.75 Å². The lowest BCUT2D eigenvalue weighted by atomic mass is 9.87. The fourth-order valence-corrected chi connectivity index (χ4v) is 3.53. The zero-order valence-corrected chi connectivity index (χ0v) is 13.7. The molecular weight excluding hydrogens is 347 g/mol. The van der Waals surface area contributed by atoms with Crippen LogP contribution in [0.25, 0.3) is 22.2 Å². The molecule has 2 aromatic carbocycles. The number of fused-ring (bicyclic) bond motifs is 5. The van der Waals surface area contributed by atoms with E-state index in [0.717, 1.165) is 28.6 Å². The standard InChI is InChI=1S/C19H14F3NO3/c1-26-18(25)14-6-9-2-4-12-11-5-3-10(19(20,21)22)7-15(11)23-17(12)13(9)8-16(14)24/h3,5-8,23-24H,2,4H2,1H3. The van der Waals surface area contributed by atoms with Crippen molar-refractivity contribution in [1.29, 1.82) is 0 Å². The van der Waals surface area contributed by atoms with E-state index < -0.39 is 17.7 Å². The van der Waals surface area contributed by atoms with Crippen LogP contribution >= 0.6 is 0 Å². The number of H-pyrrole nitrogens is 1. The topological polar surface area (TPSA) is 62.3 Å². The Morgan fingerprint density at radius 1 is 1.19 bits per heavy atom. The molecule has 0 amide bonds. The lowest BCUT2D eigenvalue weighted by Gasteiger charge is -2.18. The molecule has 1 aromatic heterocycles. The number of carbonyl (C=O) groups is 1. The van der Waals surface area contributed by atoms with Gasteiger partial charge >= 0.3 is 12.1 Å². The quantitative estimate of drug-likeness (QED) is 0.630. The minimum Gasteiger partial charge on any atom is -0.507 e. The fraction of sp³-hybridized carbons (Fsp3) is 0.211. The minimum absolute atomic E-state index is 0.0742. The van der Waals surface area contributed by atoms with Crippen molar-refractivity contribution in [2.24, 2.45) is 0 Å². The number of phenols is 1. The molecule has 0 unspecified atom stereocenters. The Bertz CT molecular complexity index is 1050. The van der Waals surface area contributed by atoms with Crippen LogP contribution in [0.15, 0.2) is 30.3 Å². The highest BCUT2D eigenvalue weighted by Gasteiger charge is 2.31. The van der Waals surface area contributed by atoms with Crippen molar-refractivity contribution in [2.45, 2.75) is 19.0 Å². The second-order valence-corrected chi connectivity index (χ2v) is 6.25. The Labute approximate surface area is 146 Å². The van der Waals surface area contributed by atoms with Gasteiger partial charge in [-0.1, -0.05) is 6.07 Å². The van der Waals surface area contributed by atoms with Gasteiger partial charge in [-0.2, -0.15) is 13.2 Å². The van der Waals surface area contributed by atoms with Gasteiger partial charge in [-0.15, -0.1) is 0 Å². The Kier molecular flexibility index (Phi) is 3.50. The van der Waals surface area contributed by atoms with Gasteiger partial charge in [-0.3, -0.25) is 0 Å². The number of rotatable bonds is 1. The van der Waals surface area contributed by atoms with Crippen molar-refractivity contribution in [2.75, 3.05) is 7.11 Å². The van der Waals surface area contributed by atoms with E-state index in [1.807, 2.05) is 0 Å². The molecule has 0 saturated heterocycles. The number of aromatic amines is 1. The average molecular weight is 361 g/mol. The van der Waals surface area contributed by atoms with Gasteiger partial charge in [-0.05, 0) is 48.2 Å². The van der Waals surface area contributed by atoms with Crippen LogP contribution in [0, 0.1) is 0 Å². The summed E-state index contributed by atoms with van der Waals surface area (Å²) in [6.45, 7) is 0. The zero-order chi connectivity index (χ0) is 18.6. The van der Waals surface area contributed by atoms with Crippen molar-refractivity contribution in [3.8, 4) is 17.0 Å². The summed E-state index contributed by atoms with van der Waals surface area (Å²) in [5, 5.41) is 10.9. The summed E-state index contributed by atoms with van der Waals surface area (Å²) >= 11 is 0. The van der Waals surface area contributed by atoms with E-state index in [9.17, 15) is 23.1 Å². The fourth-order valence-electron chi connectivity index (χ4n) is 3.53. The van der Waals surface area contributed by atoms with Crippen LogP contribution in [-0.2, 0) is 23.8 Å². The van der Waals surface area contributed by atoms with Gasteiger partial charge in [0.1, 0.15) is 11.3 Å². The molecule has 26 heavy (non-hydrogen) atoms. The lowest BCUT2D eigenvalue weighted by molar-refractivity contribution is -0.137. The Morgan fingerprint density at radius 2 is 1.96 bits per heavy atom. The SMILES string of the molecule is COC(=O)c1cc2c(cc1O)-c1[nH]c3cc(C(F)(F)F)ccc3c1CC2. The van der Waals surface area contributed by atoms with E-state index in [-0.39, 0.29) is 11.3 Å². The van der Waals surface area contributed by atoms with Crippen LogP contribution in [0.3, 0.4) is 0 Å². The minimum atomic E-state index is -4.41. The van der Waals surface area contributed by atoms with Crippen LogP contribution < -0.4 is 0 Å². The summed E-state index contributed by atoms with van der Waals surface area (Å²) in [7, 11) is 1.23. The molecule has 0 atom stereocenters. The molecule has 1 aliphatic carbocycles. The predicted octanol–water partition coefficient (Wildman–Crippen LogP) is 4.44. The molecule has 4 rings (SSSR count). The van der Waals surface area contributed by atoms with E-state index in [4.69, 9.17) is 0 Å². The van der Waals surface area contributed by atoms with Crippen molar-refractivity contribution in [3.63, 3.8) is 0 Å². The van der Waals surface area contributed by atoms with Crippen molar-refractivity contribution < 1.29 is 27.8 Å². The normalized spacial score (nSPS) is 13.4. The number of hydrogen-bond acceptors (Lipinski definition) is 3. The first-order chi connectivity index (χ1) is 12.3. The van der Waals surface area contributed by atoms with E-state index in [0.29, 0.717) is 29.6 Å². The van der Waals surface area contributed by atoms with Crippen molar-refractivity contribution in [3.05, 3.63) is 52.6 Å². The first-order valence-electron chi connectivity index (χ1n) is 7.96. The van der Waals surface area contributed by atoms with E-state index in [1.165, 1.54) is 19.2 Å². The number of benzene rings is 2. The van der Waals surface area contributed by atoms with Gasteiger partial charge in [-0.25, -0.2) is 4.79 Å². The number of halogens is 3. The largest absolute Gasteiger partial charge is 0.507 e. The summed E-state index contributed by atoms with van der Waals surface area (Å²) in [6.07, 6.45) is -3.18. The lowest BCUT2D eigenvalue weighted by Crippen LogP contribution is -2.07. The number of phenolic OH excluding ortho intramolecular Hbond substituents is 1. The second-order valence-electron chi connectivity index (χ2n) is 6.25. The maximum absolute atomic E-state index is 13.0. The highest BCUT2D eigenvalue weighted by Crippen LogP contribution is 2.41. The maximum Gasteiger partial charge on any atom is 0.416 e. The van der Waals surface area contributed by atoms with Gasteiger partial charge in [0, 0.05) is 16.5 Å². The van der Waals surface area contributed by atoms with E-state index in [1.54, 1.807) is 6.07 Å². The number of alkyl halides is 3. The summed E-state index contributed by atoms with van der Waals surface area (Å²) < 4.78 is 43.5. The molecule has 7 heteroatoms. The molecule has 134 valence electrons. The second kappa shape index (κ2) is 5.52. The van der Waals surface area contributed by atoms with Gasteiger partial charge in [0.05, 0.1) is 18.4 Å².